The molecule has 3 heteroatoms. The van der Waals surface area contributed by atoms with Gasteiger partial charge in [-0.05, 0) is 43.7 Å². The van der Waals surface area contributed by atoms with Gasteiger partial charge in [0, 0.05) is 15.7 Å². The maximum absolute atomic E-state index is 9.82. The molecule has 0 saturated carbocycles. The van der Waals surface area contributed by atoms with Gasteiger partial charge in [0.15, 0.2) is 0 Å². The molecule has 0 aliphatic rings. The number of benzene rings is 2. The molecule has 94 valence electrons. The molecular formula is C15H16BrNO. The third-order valence-electron chi connectivity index (χ3n) is 2.96. The minimum absolute atomic E-state index is 0.0612. The summed E-state index contributed by atoms with van der Waals surface area (Å²) >= 11 is 3.45. The van der Waals surface area contributed by atoms with Gasteiger partial charge in [-0.15, -0.1) is 0 Å². The molecule has 0 spiro atoms. The third kappa shape index (κ3) is 2.85. The van der Waals surface area contributed by atoms with Gasteiger partial charge in [0.2, 0.25) is 0 Å². The van der Waals surface area contributed by atoms with Gasteiger partial charge in [0.25, 0.3) is 0 Å². The van der Waals surface area contributed by atoms with Gasteiger partial charge in [-0.2, -0.15) is 0 Å². The number of nitrogens with one attached hydrogen (secondary N) is 1. The first kappa shape index (κ1) is 13.0. The summed E-state index contributed by atoms with van der Waals surface area (Å²) in [5.74, 6) is 0.326. The zero-order valence-electron chi connectivity index (χ0n) is 10.4. The summed E-state index contributed by atoms with van der Waals surface area (Å²) < 4.78 is 1.07. The topological polar surface area (TPSA) is 32.3 Å². The number of halogens is 1. The highest BCUT2D eigenvalue weighted by Crippen LogP contribution is 2.28. The van der Waals surface area contributed by atoms with Gasteiger partial charge in [-0.25, -0.2) is 0 Å². The number of para-hydroxylation sites is 1. The van der Waals surface area contributed by atoms with Crippen molar-refractivity contribution in [2.75, 3.05) is 5.32 Å². The lowest BCUT2D eigenvalue weighted by atomic mass is 10.1. The van der Waals surface area contributed by atoms with Crippen molar-refractivity contribution in [3.63, 3.8) is 0 Å². The van der Waals surface area contributed by atoms with Gasteiger partial charge in [-0.3, -0.25) is 0 Å². The van der Waals surface area contributed by atoms with Crippen molar-refractivity contribution >= 4 is 21.6 Å². The largest absolute Gasteiger partial charge is 0.508 e. The van der Waals surface area contributed by atoms with Crippen LogP contribution in [0.25, 0.3) is 0 Å². The zero-order chi connectivity index (χ0) is 13.1. The Morgan fingerprint density at radius 1 is 1.17 bits per heavy atom. The number of hydrogen-bond acceptors (Lipinski definition) is 2. The van der Waals surface area contributed by atoms with E-state index in [0.29, 0.717) is 5.75 Å². The molecule has 18 heavy (non-hydrogen) atoms. The Hall–Kier alpha value is -1.48. The Balaban J connectivity index is 2.21. The normalized spacial score (nSPS) is 12.2. The quantitative estimate of drug-likeness (QED) is 0.866. The van der Waals surface area contributed by atoms with Crippen LogP contribution in [-0.4, -0.2) is 5.11 Å². The van der Waals surface area contributed by atoms with Crippen molar-refractivity contribution in [2.45, 2.75) is 19.9 Å². The lowest BCUT2D eigenvalue weighted by Gasteiger charge is -2.18. The van der Waals surface area contributed by atoms with Crippen LogP contribution < -0.4 is 5.32 Å². The van der Waals surface area contributed by atoms with Gasteiger partial charge in [0.05, 0.1) is 6.04 Å². The summed E-state index contributed by atoms with van der Waals surface area (Å²) in [7, 11) is 0. The Labute approximate surface area is 116 Å². The lowest BCUT2D eigenvalue weighted by molar-refractivity contribution is 0.465. The Morgan fingerprint density at radius 3 is 2.56 bits per heavy atom. The number of anilines is 1. The summed E-state index contributed by atoms with van der Waals surface area (Å²) in [5, 5.41) is 13.2. The predicted octanol–water partition coefficient (Wildman–Crippen LogP) is 4.64. The summed E-state index contributed by atoms with van der Waals surface area (Å²) in [6.45, 7) is 4.10. The van der Waals surface area contributed by atoms with E-state index in [-0.39, 0.29) is 6.04 Å². The molecular weight excluding hydrogens is 290 g/mol. The van der Waals surface area contributed by atoms with Crippen LogP contribution in [0, 0.1) is 6.92 Å². The molecule has 0 aliphatic carbocycles. The van der Waals surface area contributed by atoms with Crippen molar-refractivity contribution < 1.29 is 5.11 Å². The zero-order valence-corrected chi connectivity index (χ0v) is 12.0. The Bertz CT molecular complexity index is 554. The average Bonchev–Trinajstić information content (AvgIpc) is 2.33. The number of hydrogen-bond donors (Lipinski definition) is 2. The van der Waals surface area contributed by atoms with Gasteiger partial charge < -0.3 is 10.4 Å². The molecule has 2 rings (SSSR count). The highest BCUT2D eigenvalue weighted by atomic mass is 79.9. The number of rotatable bonds is 3. The van der Waals surface area contributed by atoms with Crippen molar-refractivity contribution in [3.05, 3.63) is 58.1 Å². The molecule has 0 saturated heterocycles. The fraction of sp³-hybridized carbons (Fsp3) is 0.200. The maximum atomic E-state index is 9.82. The Kier molecular flexibility index (Phi) is 3.92. The molecule has 0 amide bonds. The van der Waals surface area contributed by atoms with Crippen molar-refractivity contribution in [2.24, 2.45) is 0 Å². The molecule has 0 aliphatic heterocycles. The van der Waals surface area contributed by atoms with E-state index < -0.39 is 0 Å². The SMILES string of the molecule is Cc1cc(Br)ccc1NC(C)c1ccccc1O. The first-order chi connectivity index (χ1) is 8.58. The smallest absolute Gasteiger partial charge is 0.120 e. The van der Waals surface area contributed by atoms with Gasteiger partial charge in [0.1, 0.15) is 5.75 Å². The van der Waals surface area contributed by atoms with E-state index in [9.17, 15) is 5.11 Å². The fourth-order valence-electron chi connectivity index (χ4n) is 1.95. The van der Waals surface area contributed by atoms with Crippen molar-refractivity contribution in [3.8, 4) is 5.75 Å². The van der Waals surface area contributed by atoms with E-state index >= 15 is 0 Å². The average molecular weight is 306 g/mol. The molecule has 2 nitrogen and oxygen atoms in total. The second kappa shape index (κ2) is 5.44. The molecule has 2 aromatic carbocycles. The summed E-state index contributed by atoms with van der Waals surface area (Å²) in [4.78, 5) is 0. The number of aromatic hydroxyl groups is 1. The number of phenolic OH excluding ortho intramolecular Hbond substituents is 1. The summed E-state index contributed by atoms with van der Waals surface area (Å²) in [6.07, 6.45) is 0. The van der Waals surface area contributed by atoms with Crippen LogP contribution in [-0.2, 0) is 0 Å². The molecule has 0 radical (unpaired) electrons. The van der Waals surface area contributed by atoms with Crippen LogP contribution >= 0.6 is 15.9 Å². The predicted molar refractivity (Wildman–Crippen MR) is 79.0 cm³/mol. The molecule has 2 aromatic rings. The van der Waals surface area contributed by atoms with E-state index in [1.807, 2.05) is 37.3 Å². The number of phenols is 1. The monoisotopic (exact) mass is 305 g/mol. The van der Waals surface area contributed by atoms with Crippen LogP contribution in [0.15, 0.2) is 46.9 Å². The molecule has 0 fully saturated rings. The second-order valence-electron chi connectivity index (χ2n) is 4.38. The van der Waals surface area contributed by atoms with Crippen molar-refractivity contribution in [1.29, 1.82) is 0 Å². The molecule has 0 heterocycles. The highest BCUT2D eigenvalue weighted by Gasteiger charge is 2.10. The minimum atomic E-state index is 0.0612. The molecule has 0 bridgehead atoms. The van der Waals surface area contributed by atoms with Crippen LogP contribution in [0.3, 0.4) is 0 Å². The first-order valence-corrected chi connectivity index (χ1v) is 6.68. The first-order valence-electron chi connectivity index (χ1n) is 5.88. The second-order valence-corrected chi connectivity index (χ2v) is 5.30. The number of aryl methyl sites for hydroxylation is 1. The van der Waals surface area contributed by atoms with E-state index in [4.69, 9.17) is 0 Å². The molecule has 0 aromatic heterocycles. The maximum Gasteiger partial charge on any atom is 0.120 e. The fourth-order valence-corrected chi connectivity index (χ4v) is 2.43. The molecule has 2 N–H and O–H groups in total. The summed E-state index contributed by atoms with van der Waals surface area (Å²) in [6, 6.07) is 13.6. The van der Waals surface area contributed by atoms with Gasteiger partial charge >= 0.3 is 0 Å². The van der Waals surface area contributed by atoms with Crippen LogP contribution in [0.2, 0.25) is 0 Å². The van der Waals surface area contributed by atoms with Crippen LogP contribution in [0.4, 0.5) is 5.69 Å². The van der Waals surface area contributed by atoms with E-state index in [1.165, 1.54) is 5.56 Å². The highest BCUT2D eigenvalue weighted by molar-refractivity contribution is 9.10. The van der Waals surface area contributed by atoms with E-state index in [0.717, 1.165) is 15.7 Å². The van der Waals surface area contributed by atoms with Crippen LogP contribution in [0.1, 0.15) is 24.1 Å². The van der Waals surface area contributed by atoms with E-state index in [1.54, 1.807) is 6.07 Å². The van der Waals surface area contributed by atoms with E-state index in [2.05, 4.69) is 34.2 Å². The lowest BCUT2D eigenvalue weighted by Crippen LogP contribution is -2.07. The minimum Gasteiger partial charge on any atom is -0.508 e. The van der Waals surface area contributed by atoms with Gasteiger partial charge in [-0.1, -0.05) is 34.1 Å². The standard InChI is InChI=1S/C15H16BrNO/c1-10-9-12(16)7-8-14(10)17-11(2)13-5-3-4-6-15(13)18/h3-9,11,17-18H,1-2H3. The summed E-state index contributed by atoms with van der Waals surface area (Å²) in [5.41, 5.74) is 3.15. The molecule has 1 unspecified atom stereocenters. The van der Waals surface area contributed by atoms with Crippen LogP contribution in [0.5, 0.6) is 5.75 Å². The molecule has 1 atom stereocenters. The Morgan fingerprint density at radius 2 is 1.89 bits per heavy atom. The third-order valence-corrected chi connectivity index (χ3v) is 3.46. The van der Waals surface area contributed by atoms with Crippen molar-refractivity contribution in [1.82, 2.24) is 0 Å².